The molecule has 1 aromatic heterocycles. The highest BCUT2D eigenvalue weighted by Crippen LogP contribution is 2.33. The van der Waals surface area contributed by atoms with Gasteiger partial charge in [0.15, 0.2) is 5.69 Å². The molecule has 1 aliphatic rings. The Morgan fingerprint density at radius 1 is 1.09 bits per heavy atom. The second-order valence-corrected chi connectivity index (χ2v) is 11.2. The fourth-order valence-corrected chi connectivity index (χ4v) is 5.19. The van der Waals surface area contributed by atoms with Gasteiger partial charge in [-0.2, -0.15) is 30.9 Å². The third-order valence-electron chi connectivity index (χ3n) is 4.99. The standard InChI is InChI=1S/C18H22F3N5O6S2/c1-12-4-5-13(18(19,20)21)10-14(12)22-17-23-15(11-32-17)16(27)24-34(30,31)26-7-3-6-25(8-9-26)33(2,28)29/h4-5,10-11H,3,6-9H2,1-2H3,(H,22,23)(H,24,27). The van der Waals surface area contributed by atoms with Gasteiger partial charge in [0, 0.05) is 31.9 Å². The predicted molar refractivity (Wildman–Crippen MR) is 115 cm³/mol. The Morgan fingerprint density at radius 2 is 1.74 bits per heavy atom. The normalized spacial score (nSPS) is 16.7. The molecule has 0 spiro atoms. The van der Waals surface area contributed by atoms with E-state index in [2.05, 4.69) is 10.3 Å². The van der Waals surface area contributed by atoms with Crippen LogP contribution in [0, 0.1) is 6.92 Å². The SMILES string of the molecule is Cc1ccc(C(F)(F)F)cc1Nc1nc(C(=O)NS(=O)(=O)N2CCCN(S(C)(=O)=O)CC2)co1. The lowest BCUT2D eigenvalue weighted by atomic mass is 10.1. The van der Waals surface area contributed by atoms with Crippen LogP contribution in [0.3, 0.4) is 0 Å². The number of alkyl halides is 3. The van der Waals surface area contributed by atoms with E-state index in [0.29, 0.717) is 5.56 Å². The van der Waals surface area contributed by atoms with E-state index in [0.717, 1.165) is 33.3 Å². The van der Waals surface area contributed by atoms with Crippen LogP contribution in [0.1, 0.15) is 28.0 Å². The Hall–Kier alpha value is -2.69. The van der Waals surface area contributed by atoms with Crippen LogP contribution in [-0.2, 0) is 26.4 Å². The molecule has 3 rings (SSSR count). The van der Waals surface area contributed by atoms with Gasteiger partial charge >= 0.3 is 16.4 Å². The molecule has 1 aromatic carbocycles. The van der Waals surface area contributed by atoms with Crippen molar-refractivity contribution in [3.05, 3.63) is 41.3 Å². The van der Waals surface area contributed by atoms with Crippen molar-refractivity contribution in [2.75, 3.05) is 37.8 Å². The summed E-state index contributed by atoms with van der Waals surface area (Å²) >= 11 is 0. The number of nitrogens with zero attached hydrogens (tertiary/aromatic N) is 3. The first-order chi connectivity index (χ1) is 15.7. The van der Waals surface area contributed by atoms with Crippen LogP contribution in [0.25, 0.3) is 0 Å². The summed E-state index contributed by atoms with van der Waals surface area (Å²) in [6, 6.07) is 2.70. The molecule has 188 valence electrons. The van der Waals surface area contributed by atoms with Crippen LogP contribution >= 0.6 is 0 Å². The molecule has 2 N–H and O–H groups in total. The summed E-state index contributed by atoms with van der Waals surface area (Å²) in [5.74, 6) is -1.12. The molecule has 11 nitrogen and oxygen atoms in total. The summed E-state index contributed by atoms with van der Waals surface area (Å²) in [6.07, 6.45) is -2.46. The molecule has 0 unspecified atom stereocenters. The van der Waals surface area contributed by atoms with Crippen molar-refractivity contribution >= 4 is 37.8 Å². The number of carbonyl (C=O) groups excluding carboxylic acids is 1. The van der Waals surface area contributed by atoms with E-state index >= 15 is 0 Å². The lowest BCUT2D eigenvalue weighted by Crippen LogP contribution is -2.45. The molecule has 1 amide bonds. The lowest BCUT2D eigenvalue weighted by Gasteiger charge is -2.20. The van der Waals surface area contributed by atoms with Gasteiger partial charge in [-0.25, -0.2) is 17.4 Å². The molecule has 0 radical (unpaired) electrons. The van der Waals surface area contributed by atoms with Crippen molar-refractivity contribution in [1.82, 2.24) is 18.3 Å². The first kappa shape index (κ1) is 25.9. The average molecular weight is 526 g/mol. The minimum absolute atomic E-state index is 0.00488. The van der Waals surface area contributed by atoms with Crippen LogP contribution < -0.4 is 10.0 Å². The van der Waals surface area contributed by atoms with Crippen LogP contribution in [0.5, 0.6) is 0 Å². The minimum Gasteiger partial charge on any atom is -0.431 e. The van der Waals surface area contributed by atoms with E-state index in [4.69, 9.17) is 4.42 Å². The highest BCUT2D eigenvalue weighted by Gasteiger charge is 2.32. The molecule has 1 saturated heterocycles. The number of halogens is 3. The smallest absolute Gasteiger partial charge is 0.416 e. The van der Waals surface area contributed by atoms with Crippen molar-refractivity contribution in [1.29, 1.82) is 0 Å². The highest BCUT2D eigenvalue weighted by atomic mass is 32.2. The number of rotatable bonds is 6. The van der Waals surface area contributed by atoms with Gasteiger partial charge < -0.3 is 9.73 Å². The molecule has 0 atom stereocenters. The highest BCUT2D eigenvalue weighted by molar-refractivity contribution is 7.88. The molecule has 16 heteroatoms. The molecule has 34 heavy (non-hydrogen) atoms. The Balaban J connectivity index is 1.69. The molecular formula is C18H22F3N5O6S2. The van der Waals surface area contributed by atoms with E-state index in [1.54, 1.807) is 6.92 Å². The van der Waals surface area contributed by atoms with Gasteiger partial charge in [0.2, 0.25) is 10.0 Å². The number of amides is 1. The van der Waals surface area contributed by atoms with Crippen molar-refractivity contribution in [3.8, 4) is 0 Å². The first-order valence-electron chi connectivity index (χ1n) is 9.84. The van der Waals surface area contributed by atoms with Gasteiger partial charge in [0.25, 0.3) is 11.9 Å². The second-order valence-electron chi connectivity index (χ2n) is 7.54. The molecule has 0 bridgehead atoms. The topological polar surface area (TPSA) is 142 Å². The monoisotopic (exact) mass is 525 g/mol. The van der Waals surface area contributed by atoms with Crippen LogP contribution in [0.15, 0.2) is 28.9 Å². The van der Waals surface area contributed by atoms with E-state index < -0.39 is 43.6 Å². The lowest BCUT2D eigenvalue weighted by molar-refractivity contribution is -0.137. The maximum Gasteiger partial charge on any atom is 0.416 e. The molecule has 1 fully saturated rings. The number of hydrogen-bond acceptors (Lipinski definition) is 8. The van der Waals surface area contributed by atoms with Crippen LogP contribution in [0.4, 0.5) is 24.9 Å². The van der Waals surface area contributed by atoms with Crippen LogP contribution in [0.2, 0.25) is 0 Å². The average Bonchev–Trinajstić information content (AvgIpc) is 3.01. The van der Waals surface area contributed by atoms with Gasteiger partial charge in [0.05, 0.1) is 11.8 Å². The molecule has 2 heterocycles. The number of sulfonamides is 1. The Bertz CT molecular complexity index is 1280. The number of hydrogen-bond donors (Lipinski definition) is 2. The van der Waals surface area contributed by atoms with Gasteiger partial charge in [-0.05, 0) is 31.0 Å². The summed E-state index contributed by atoms with van der Waals surface area (Å²) in [4.78, 5) is 16.2. The number of anilines is 2. The van der Waals surface area contributed by atoms with E-state index in [1.165, 1.54) is 6.07 Å². The number of aromatic nitrogens is 1. The molecule has 0 saturated carbocycles. The van der Waals surface area contributed by atoms with Crippen molar-refractivity contribution in [2.24, 2.45) is 0 Å². The number of nitrogens with one attached hydrogen (secondary N) is 2. The third kappa shape index (κ3) is 6.25. The molecule has 2 aromatic rings. The maximum atomic E-state index is 13.0. The minimum atomic E-state index is -4.56. The zero-order chi connectivity index (χ0) is 25.3. The van der Waals surface area contributed by atoms with E-state index in [9.17, 15) is 34.8 Å². The Labute approximate surface area is 194 Å². The Kier molecular flexibility index (Phi) is 7.26. The fourth-order valence-electron chi connectivity index (χ4n) is 3.16. The third-order valence-corrected chi connectivity index (χ3v) is 7.78. The molecule has 0 aliphatic carbocycles. The van der Waals surface area contributed by atoms with Crippen LogP contribution in [-0.4, -0.2) is 68.8 Å². The summed E-state index contributed by atoms with van der Waals surface area (Å²) in [5.41, 5.74) is -0.841. The second kappa shape index (κ2) is 9.52. The predicted octanol–water partition coefficient (Wildman–Crippen LogP) is 1.69. The quantitative estimate of drug-likeness (QED) is 0.580. The maximum absolute atomic E-state index is 13.0. The number of aryl methyl sites for hydroxylation is 1. The summed E-state index contributed by atoms with van der Waals surface area (Å²) in [6.45, 7) is 1.47. The zero-order valence-corrected chi connectivity index (χ0v) is 19.7. The van der Waals surface area contributed by atoms with Gasteiger partial charge in [-0.1, -0.05) is 6.07 Å². The summed E-state index contributed by atoms with van der Waals surface area (Å²) < 4.78 is 96.4. The first-order valence-corrected chi connectivity index (χ1v) is 13.1. The fraction of sp³-hybridized carbons (Fsp3) is 0.444. The van der Waals surface area contributed by atoms with Gasteiger partial charge in [-0.15, -0.1) is 0 Å². The summed E-state index contributed by atoms with van der Waals surface area (Å²) in [7, 11) is -7.80. The van der Waals surface area contributed by atoms with Gasteiger partial charge in [0.1, 0.15) is 6.26 Å². The number of carbonyl (C=O) groups is 1. The van der Waals surface area contributed by atoms with Crippen molar-refractivity contribution in [3.63, 3.8) is 0 Å². The van der Waals surface area contributed by atoms with Crippen molar-refractivity contribution < 1.29 is 39.2 Å². The van der Waals surface area contributed by atoms with E-state index in [-0.39, 0.29) is 44.3 Å². The Morgan fingerprint density at radius 3 is 2.38 bits per heavy atom. The summed E-state index contributed by atoms with van der Waals surface area (Å²) in [5, 5.41) is 2.53. The number of benzene rings is 1. The zero-order valence-electron chi connectivity index (χ0n) is 18.1. The number of oxazole rings is 1. The molecular weight excluding hydrogens is 503 g/mol. The molecule has 1 aliphatic heterocycles. The largest absolute Gasteiger partial charge is 0.431 e. The van der Waals surface area contributed by atoms with E-state index in [1.807, 2.05) is 4.72 Å². The van der Waals surface area contributed by atoms with Crippen molar-refractivity contribution in [2.45, 2.75) is 19.5 Å². The van der Waals surface area contributed by atoms with Gasteiger partial charge in [-0.3, -0.25) is 4.79 Å².